The van der Waals surface area contributed by atoms with E-state index < -0.39 is 11.5 Å². The van der Waals surface area contributed by atoms with Crippen molar-refractivity contribution in [3.8, 4) is 0 Å². The number of hydrogen-bond acceptors (Lipinski definition) is 5. The van der Waals surface area contributed by atoms with Gasteiger partial charge >= 0.3 is 5.97 Å². The fourth-order valence-electron chi connectivity index (χ4n) is 2.49. The van der Waals surface area contributed by atoms with E-state index in [1.165, 1.54) is 42.3 Å². The molecule has 7 nitrogen and oxygen atoms in total. The second-order valence-corrected chi connectivity index (χ2v) is 7.76. The van der Waals surface area contributed by atoms with Crippen molar-refractivity contribution in [1.82, 2.24) is 14.8 Å². The first-order chi connectivity index (χ1) is 12.8. The third-order valence-corrected chi connectivity index (χ3v) is 5.34. The number of carboxylic acid groups (broad SMARTS) is 1. The number of carbonyl (C=O) groups excluding carboxylic acids is 1. The number of aryl methyl sites for hydroxylation is 1. The van der Waals surface area contributed by atoms with Crippen LogP contribution < -0.4 is 5.32 Å². The molecular formula is C19H20N4O3S. The molecule has 3 aromatic rings. The van der Waals surface area contributed by atoms with Crippen molar-refractivity contribution in [2.45, 2.75) is 32.7 Å². The van der Waals surface area contributed by atoms with Gasteiger partial charge in [-0.1, -0.05) is 30.3 Å². The minimum atomic E-state index is -1.20. The van der Waals surface area contributed by atoms with E-state index in [1.807, 2.05) is 30.3 Å². The van der Waals surface area contributed by atoms with Crippen molar-refractivity contribution in [2.24, 2.45) is 0 Å². The number of aromatic nitrogens is 3. The molecule has 2 aromatic heterocycles. The summed E-state index contributed by atoms with van der Waals surface area (Å²) < 4.78 is 1.31. The van der Waals surface area contributed by atoms with Gasteiger partial charge in [-0.2, -0.15) is 5.10 Å². The summed E-state index contributed by atoms with van der Waals surface area (Å²) in [5, 5.41) is 16.9. The molecule has 0 aliphatic heterocycles. The second-order valence-electron chi connectivity index (χ2n) is 6.68. The fraction of sp³-hybridized carbons (Fsp3) is 0.263. The third kappa shape index (κ3) is 4.06. The first kappa shape index (κ1) is 18.8. The molecule has 140 valence electrons. The highest BCUT2D eigenvalue weighted by Gasteiger charge is 2.30. The van der Waals surface area contributed by atoms with Gasteiger partial charge in [0.15, 0.2) is 5.54 Å². The van der Waals surface area contributed by atoms with Gasteiger partial charge in [0.2, 0.25) is 0 Å². The molecule has 0 aliphatic rings. The number of aliphatic carboxylic acids is 1. The number of nitrogens with zero attached hydrogens (tertiary/aromatic N) is 3. The van der Waals surface area contributed by atoms with Crippen molar-refractivity contribution >= 4 is 28.9 Å². The van der Waals surface area contributed by atoms with Gasteiger partial charge < -0.3 is 10.4 Å². The summed E-state index contributed by atoms with van der Waals surface area (Å²) in [6.45, 7) is 4.88. The molecule has 0 fully saturated rings. The maximum Gasteiger partial charge on any atom is 0.331 e. The van der Waals surface area contributed by atoms with Gasteiger partial charge in [0, 0.05) is 12.6 Å². The van der Waals surface area contributed by atoms with Crippen molar-refractivity contribution in [2.75, 3.05) is 5.32 Å². The number of nitrogens with one attached hydrogen (secondary N) is 1. The summed E-state index contributed by atoms with van der Waals surface area (Å²) in [6, 6.07) is 9.95. The number of carbonyl (C=O) groups is 2. The number of carboxylic acids is 1. The van der Waals surface area contributed by atoms with Crippen LogP contribution in [0.5, 0.6) is 0 Å². The Hall–Kier alpha value is -3.00. The average molecular weight is 384 g/mol. The molecule has 1 amide bonds. The lowest BCUT2D eigenvalue weighted by Crippen LogP contribution is -2.35. The van der Waals surface area contributed by atoms with Gasteiger partial charge in [0.05, 0.1) is 22.6 Å². The van der Waals surface area contributed by atoms with E-state index in [-0.39, 0.29) is 5.91 Å². The van der Waals surface area contributed by atoms with E-state index in [4.69, 9.17) is 0 Å². The molecule has 0 radical (unpaired) electrons. The van der Waals surface area contributed by atoms with E-state index in [0.717, 1.165) is 10.6 Å². The quantitative estimate of drug-likeness (QED) is 0.679. The lowest BCUT2D eigenvalue weighted by Gasteiger charge is -2.19. The van der Waals surface area contributed by atoms with Crippen LogP contribution in [0.1, 0.15) is 39.8 Å². The molecule has 0 unspecified atom stereocenters. The molecule has 0 saturated carbocycles. The lowest BCUT2D eigenvalue weighted by molar-refractivity contribution is -0.146. The summed E-state index contributed by atoms with van der Waals surface area (Å²) in [5.41, 5.74) is 1.04. The normalized spacial score (nSPS) is 11.4. The van der Waals surface area contributed by atoms with Crippen LogP contribution in [0.3, 0.4) is 0 Å². The number of hydrogen-bond donors (Lipinski definition) is 2. The molecule has 0 saturated heterocycles. The van der Waals surface area contributed by atoms with Gasteiger partial charge in [0.25, 0.3) is 5.91 Å². The van der Waals surface area contributed by atoms with Gasteiger partial charge in [-0.3, -0.25) is 9.48 Å². The van der Waals surface area contributed by atoms with Crippen LogP contribution in [0.4, 0.5) is 5.69 Å². The number of benzene rings is 1. The maximum atomic E-state index is 12.6. The molecule has 3 rings (SSSR count). The van der Waals surface area contributed by atoms with Crippen molar-refractivity contribution < 1.29 is 14.7 Å². The number of thiazole rings is 1. The number of amides is 1. The summed E-state index contributed by atoms with van der Waals surface area (Å²) >= 11 is 1.35. The van der Waals surface area contributed by atoms with Gasteiger partial charge in [-0.15, -0.1) is 11.3 Å². The lowest BCUT2D eigenvalue weighted by atomic mass is 10.1. The molecule has 0 spiro atoms. The van der Waals surface area contributed by atoms with E-state index in [9.17, 15) is 14.7 Å². The number of anilines is 1. The van der Waals surface area contributed by atoms with Crippen molar-refractivity contribution in [3.05, 3.63) is 63.9 Å². The van der Waals surface area contributed by atoms with Crippen LogP contribution in [0.25, 0.3) is 0 Å². The Labute approximate surface area is 160 Å². The molecule has 27 heavy (non-hydrogen) atoms. The topological polar surface area (TPSA) is 97.1 Å². The van der Waals surface area contributed by atoms with Crippen molar-refractivity contribution in [1.29, 1.82) is 0 Å². The second kappa shape index (κ2) is 7.32. The zero-order chi connectivity index (χ0) is 19.6. The highest BCUT2D eigenvalue weighted by Crippen LogP contribution is 2.23. The van der Waals surface area contributed by atoms with E-state index in [2.05, 4.69) is 15.4 Å². The average Bonchev–Trinajstić information content (AvgIpc) is 3.22. The maximum absolute atomic E-state index is 12.6. The molecular weight excluding hydrogens is 364 g/mol. The summed E-state index contributed by atoms with van der Waals surface area (Å²) in [7, 11) is 0. The largest absolute Gasteiger partial charge is 0.479 e. The molecule has 0 atom stereocenters. The molecule has 2 N–H and O–H groups in total. The van der Waals surface area contributed by atoms with Crippen LogP contribution in [0.15, 0.2) is 42.7 Å². The molecule has 0 bridgehead atoms. The Morgan fingerprint density at radius 3 is 2.63 bits per heavy atom. The minimum Gasteiger partial charge on any atom is -0.479 e. The zero-order valence-corrected chi connectivity index (χ0v) is 16.1. The van der Waals surface area contributed by atoms with E-state index >= 15 is 0 Å². The Balaban J connectivity index is 1.74. The summed E-state index contributed by atoms with van der Waals surface area (Å²) in [6.07, 6.45) is 3.61. The SMILES string of the molecule is Cc1nc(Cc2ccccc2)sc1C(=O)Nc1cnn(C(C)(C)C(=O)O)c1. The Kier molecular flexibility index (Phi) is 5.09. The summed E-state index contributed by atoms with van der Waals surface area (Å²) in [5.74, 6) is -1.29. The van der Waals surface area contributed by atoms with Crippen LogP contribution in [-0.4, -0.2) is 31.7 Å². The smallest absolute Gasteiger partial charge is 0.331 e. The Morgan fingerprint density at radius 1 is 1.26 bits per heavy atom. The van der Waals surface area contributed by atoms with Crippen LogP contribution >= 0.6 is 11.3 Å². The van der Waals surface area contributed by atoms with Crippen LogP contribution in [0, 0.1) is 6.92 Å². The Morgan fingerprint density at radius 2 is 1.96 bits per heavy atom. The highest BCUT2D eigenvalue weighted by molar-refractivity contribution is 7.14. The predicted octanol–water partition coefficient (Wildman–Crippen LogP) is 3.31. The molecule has 2 heterocycles. The predicted molar refractivity (Wildman–Crippen MR) is 103 cm³/mol. The third-order valence-electron chi connectivity index (χ3n) is 4.18. The van der Waals surface area contributed by atoms with Crippen LogP contribution in [0.2, 0.25) is 0 Å². The first-order valence-electron chi connectivity index (χ1n) is 8.37. The van der Waals surface area contributed by atoms with Crippen LogP contribution in [-0.2, 0) is 16.8 Å². The van der Waals surface area contributed by atoms with Gasteiger partial charge in [0.1, 0.15) is 4.88 Å². The van der Waals surface area contributed by atoms with Gasteiger partial charge in [-0.05, 0) is 26.3 Å². The summed E-state index contributed by atoms with van der Waals surface area (Å²) in [4.78, 5) is 28.9. The minimum absolute atomic E-state index is 0.281. The van der Waals surface area contributed by atoms with E-state index in [0.29, 0.717) is 22.7 Å². The fourth-order valence-corrected chi connectivity index (χ4v) is 3.48. The standard InChI is InChI=1S/C19H20N4O3S/c1-12-16(27-15(21-12)9-13-7-5-4-6-8-13)17(24)22-14-10-20-23(11-14)19(2,3)18(25)26/h4-8,10-11H,9H2,1-3H3,(H,22,24)(H,25,26). The van der Waals surface area contributed by atoms with Gasteiger partial charge in [-0.25, -0.2) is 9.78 Å². The monoisotopic (exact) mass is 384 g/mol. The van der Waals surface area contributed by atoms with E-state index in [1.54, 1.807) is 6.92 Å². The molecule has 8 heteroatoms. The Bertz CT molecular complexity index is 976. The first-order valence-corrected chi connectivity index (χ1v) is 9.19. The molecule has 1 aromatic carbocycles. The zero-order valence-electron chi connectivity index (χ0n) is 15.3. The highest BCUT2D eigenvalue weighted by atomic mass is 32.1. The van der Waals surface area contributed by atoms with Crippen molar-refractivity contribution in [3.63, 3.8) is 0 Å². The number of rotatable bonds is 6. The molecule has 0 aliphatic carbocycles.